The zero-order valence-corrected chi connectivity index (χ0v) is 14.7. The summed E-state index contributed by atoms with van der Waals surface area (Å²) in [7, 11) is 0. The number of rotatable bonds is 3. The third kappa shape index (κ3) is 3.20. The fourth-order valence-electron chi connectivity index (χ4n) is 3.49. The van der Waals surface area contributed by atoms with Crippen LogP contribution in [0.5, 0.6) is 0 Å². The fourth-order valence-corrected chi connectivity index (χ4v) is 3.49. The van der Waals surface area contributed by atoms with Crippen LogP contribution in [0.1, 0.15) is 17.3 Å². The second-order valence-electron chi connectivity index (χ2n) is 6.60. The van der Waals surface area contributed by atoms with Crippen LogP contribution in [0.2, 0.25) is 0 Å². The Kier molecular flexibility index (Phi) is 4.43. The van der Waals surface area contributed by atoms with Crippen molar-refractivity contribution >= 4 is 22.2 Å². The molecular weight excluding hydrogens is 329 g/mol. The van der Waals surface area contributed by atoms with E-state index in [-0.39, 0.29) is 11.6 Å². The lowest BCUT2D eigenvalue weighted by Gasteiger charge is -2.29. The SMILES string of the molecule is CC(=O)c1cc(-c2cc(F)cc(N3CCOCC3)c2)c2ccccc2c1. The van der Waals surface area contributed by atoms with Crippen LogP contribution in [0.25, 0.3) is 21.9 Å². The molecule has 1 heterocycles. The number of ketones is 1. The molecule has 0 aromatic heterocycles. The molecule has 0 N–H and O–H groups in total. The van der Waals surface area contributed by atoms with Crippen molar-refractivity contribution in [2.24, 2.45) is 0 Å². The highest BCUT2D eigenvalue weighted by Gasteiger charge is 2.15. The van der Waals surface area contributed by atoms with E-state index in [4.69, 9.17) is 4.74 Å². The lowest BCUT2D eigenvalue weighted by atomic mass is 9.94. The van der Waals surface area contributed by atoms with Gasteiger partial charge in [-0.25, -0.2) is 4.39 Å². The molecule has 26 heavy (non-hydrogen) atoms. The Morgan fingerprint density at radius 1 is 1.04 bits per heavy atom. The van der Waals surface area contributed by atoms with Gasteiger partial charge in [-0.3, -0.25) is 4.79 Å². The zero-order valence-electron chi connectivity index (χ0n) is 14.7. The number of benzene rings is 3. The number of Topliss-reactive ketones (excluding diaryl/α,β-unsaturated/α-hetero) is 1. The average molecular weight is 349 g/mol. The number of carbonyl (C=O) groups excluding carboxylic acids is 1. The quantitative estimate of drug-likeness (QED) is 0.643. The standard InChI is InChI=1S/C22H20FNO2/c1-15(25)17-10-16-4-2-3-5-21(16)22(13-17)18-11-19(23)14-20(12-18)24-6-8-26-9-7-24/h2-5,10-14H,6-9H2,1H3. The highest BCUT2D eigenvalue weighted by atomic mass is 19.1. The van der Waals surface area contributed by atoms with E-state index < -0.39 is 0 Å². The average Bonchev–Trinajstić information content (AvgIpc) is 2.67. The van der Waals surface area contributed by atoms with E-state index >= 15 is 0 Å². The molecule has 132 valence electrons. The molecule has 0 spiro atoms. The van der Waals surface area contributed by atoms with E-state index in [9.17, 15) is 9.18 Å². The van der Waals surface area contributed by atoms with E-state index in [0.717, 1.165) is 40.7 Å². The smallest absolute Gasteiger partial charge is 0.159 e. The van der Waals surface area contributed by atoms with Crippen LogP contribution in [0.4, 0.5) is 10.1 Å². The molecule has 0 amide bonds. The minimum atomic E-state index is -0.277. The first-order valence-electron chi connectivity index (χ1n) is 8.79. The molecule has 1 saturated heterocycles. The first-order chi connectivity index (χ1) is 12.6. The van der Waals surface area contributed by atoms with Crippen LogP contribution in [0.3, 0.4) is 0 Å². The summed E-state index contributed by atoms with van der Waals surface area (Å²) in [6.45, 7) is 4.34. The van der Waals surface area contributed by atoms with Crippen molar-refractivity contribution in [1.29, 1.82) is 0 Å². The normalized spacial score (nSPS) is 14.6. The molecule has 4 rings (SSSR count). The summed E-state index contributed by atoms with van der Waals surface area (Å²) in [5.41, 5.74) is 3.14. The summed E-state index contributed by atoms with van der Waals surface area (Å²) in [6, 6.07) is 16.7. The van der Waals surface area contributed by atoms with Gasteiger partial charge in [0.15, 0.2) is 5.78 Å². The van der Waals surface area contributed by atoms with Gasteiger partial charge < -0.3 is 9.64 Å². The minimum Gasteiger partial charge on any atom is -0.378 e. The Morgan fingerprint density at radius 3 is 2.58 bits per heavy atom. The second kappa shape index (κ2) is 6.89. The minimum absolute atomic E-state index is 0.00167. The fraction of sp³-hybridized carbons (Fsp3) is 0.227. The Morgan fingerprint density at radius 2 is 1.81 bits per heavy atom. The number of ether oxygens (including phenoxy) is 1. The van der Waals surface area contributed by atoms with Gasteiger partial charge in [0, 0.05) is 24.3 Å². The number of halogens is 1. The van der Waals surface area contributed by atoms with E-state index in [1.54, 1.807) is 13.0 Å². The van der Waals surface area contributed by atoms with Crippen molar-refractivity contribution < 1.29 is 13.9 Å². The summed E-state index contributed by atoms with van der Waals surface area (Å²) < 4.78 is 19.8. The zero-order chi connectivity index (χ0) is 18.1. The maximum absolute atomic E-state index is 14.4. The van der Waals surface area contributed by atoms with Crippen molar-refractivity contribution in [2.45, 2.75) is 6.92 Å². The third-order valence-electron chi connectivity index (χ3n) is 4.84. The van der Waals surface area contributed by atoms with Gasteiger partial charge >= 0.3 is 0 Å². The molecule has 0 radical (unpaired) electrons. The summed E-state index contributed by atoms with van der Waals surface area (Å²) in [6.07, 6.45) is 0. The molecule has 3 nitrogen and oxygen atoms in total. The van der Waals surface area contributed by atoms with Gasteiger partial charge in [-0.05, 0) is 59.2 Å². The highest BCUT2D eigenvalue weighted by Crippen LogP contribution is 2.33. The van der Waals surface area contributed by atoms with Gasteiger partial charge in [0.1, 0.15) is 5.82 Å². The van der Waals surface area contributed by atoms with Crippen molar-refractivity contribution in [2.75, 3.05) is 31.2 Å². The van der Waals surface area contributed by atoms with Crippen molar-refractivity contribution in [3.63, 3.8) is 0 Å². The topological polar surface area (TPSA) is 29.5 Å². The molecule has 1 fully saturated rings. The van der Waals surface area contributed by atoms with E-state index in [1.165, 1.54) is 6.07 Å². The number of anilines is 1. The molecule has 0 saturated carbocycles. The Balaban J connectivity index is 1.89. The predicted molar refractivity (Wildman–Crippen MR) is 102 cm³/mol. The first kappa shape index (κ1) is 16.7. The van der Waals surface area contributed by atoms with Crippen LogP contribution in [-0.2, 0) is 4.74 Å². The summed E-state index contributed by atoms with van der Waals surface area (Å²) in [5.74, 6) is -0.275. The maximum atomic E-state index is 14.4. The van der Waals surface area contributed by atoms with E-state index in [2.05, 4.69) is 4.90 Å². The van der Waals surface area contributed by atoms with Gasteiger partial charge in [-0.1, -0.05) is 24.3 Å². The van der Waals surface area contributed by atoms with Crippen LogP contribution < -0.4 is 4.90 Å². The molecule has 4 heteroatoms. The van der Waals surface area contributed by atoms with Crippen LogP contribution in [0, 0.1) is 5.82 Å². The number of nitrogens with zero attached hydrogens (tertiary/aromatic N) is 1. The van der Waals surface area contributed by atoms with Gasteiger partial charge in [0.05, 0.1) is 13.2 Å². The van der Waals surface area contributed by atoms with Gasteiger partial charge in [-0.2, -0.15) is 0 Å². The lowest BCUT2D eigenvalue weighted by molar-refractivity contribution is 0.101. The van der Waals surface area contributed by atoms with E-state index in [1.807, 2.05) is 42.5 Å². The first-order valence-corrected chi connectivity index (χ1v) is 8.79. The predicted octanol–water partition coefficient (Wildman–Crippen LogP) is 4.69. The van der Waals surface area contributed by atoms with Gasteiger partial charge in [-0.15, -0.1) is 0 Å². The van der Waals surface area contributed by atoms with E-state index in [0.29, 0.717) is 18.8 Å². The molecular formula is C22H20FNO2. The van der Waals surface area contributed by atoms with Crippen molar-refractivity contribution in [3.05, 3.63) is 66.0 Å². The molecule has 0 bridgehead atoms. The van der Waals surface area contributed by atoms with Gasteiger partial charge in [0.2, 0.25) is 0 Å². The Labute approximate surface area is 152 Å². The second-order valence-corrected chi connectivity index (χ2v) is 6.60. The number of fused-ring (bicyclic) bond motifs is 1. The molecule has 1 aliphatic rings. The summed E-state index contributed by atoms with van der Waals surface area (Å²) in [5, 5.41) is 1.99. The lowest BCUT2D eigenvalue weighted by Crippen LogP contribution is -2.36. The number of hydrogen-bond donors (Lipinski definition) is 0. The highest BCUT2D eigenvalue weighted by molar-refractivity contribution is 6.04. The molecule has 0 aliphatic carbocycles. The Hall–Kier alpha value is -2.72. The van der Waals surface area contributed by atoms with Crippen LogP contribution >= 0.6 is 0 Å². The number of carbonyl (C=O) groups is 1. The molecule has 3 aromatic carbocycles. The van der Waals surface area contributed by atoms with Crippen LogP contribution in [0.15, 0.2) is 54.6 Å². The largest absolute Gasteiger partial charge is 0.378 e. The summed E-state index contributed by atoms with van der Waals surface area (Å²) >= 11 is 0. The molecule has 3 aromatic rings. The van der Waals surface area contributed by atoms with Crippen LogP contribution in [-0.4, -0.2) is 32.1 Å². The summed E-state index contributed by atoms with van der Waals surface area (Å²) in [4.78, 5) is 14.1. The van der Waals surface area contributed by atoms with Gasteiger partial charge in [0.25, 0.3) is 0 Å². The Bertz CT molecular complexity index is 977. The van der Waals surface area contributed by atoms with Crippen molar-refractivity contribution in [3.8, 4) is 11.1 Å². The monoisotopic (exact) mass is 349 g/mol. The van der Waals surface area contributed by atoms with Crippen molar-refractivity contribution in [1.82, 2.24) is 0 Å². The molecule has 0 unspecified atom stereocenters. The molecule has 0 atom stereocenters. The number of morpholine rings is 1. The molecule has 1 aliphatic heterocycles. The third-order valence-corrected chi connectivity index (χ3v) is 4.84. The number of hydrogen-bond acceptors (Lipinski definition) is 3. The maximum Gasteiger partial charge on any atom is 0.159 e.